The Bertz CT molecular complexity index is 755. The van der Waals surface area contributed by atoms with Gasteiger partial charge in [-0.05, 0) is 18.2 Å². The molecule has 1 fully saturated rings. The highest BCUT2D eigenvalue weighted by atomic mass is 19.3. The highest BCUT2D eigenvalue weighted by Crippen LogP contribution is 2.43. The summed E-state index contributed by atoms with van der Waals surface area (Å²) in [5.74, 6) is -2.90. The van der Waals surface area contributed by atoms with Gasteiger partial charge in [0.25, 0.3) is 0 Å². The van der Waals surface area contributed by atoms with Gasteiger partial charge in [-0.1, -0.05) is 6.07 Å². The van der Waals surface area contributed by atoms with Crippen LogP contribution in [0.5, 0.6) is 5.88 Å². The predicted octanol–water partition coefficient (Wildman–Crippen LogP) is 2.89. The van der Waals surface area contributed by atoms with Gasteiger partial charge < -0.3 is 14.2 Å². The average Bonchev–Trinajstić information content (AvgIpc) is 3.06. The fraction of sp³-hybridized carbons (Fsp3) is 0.444. The minimum absolute atomic E-state index is 0.0645. The van der Waals surface area contributed by atoms with Crippen molar-refractivity contribution in [2.75, 3.05) is 13.2 Å². The van der Waals surface area contributed by atoms with Gasteiger partial charge in [0.05, 0.1) is 12.6 Å². The molecule has 5 nitrogen and oxygen atoms in total. The summed E-state index contributed by atoms with van der Waals surface area (Å²) in [6.07, 6.45) is 2.95. The van der Waals surface area contributed by atoms with Crippen molar-refractivity contribution in [3.8, 4) is 5.88 Å². The maximum Gasteiger partial charge on any atom is 0.249 e. The number of carbonyl (C=O) groups is 1. The molecule has 1 aliphatic heterocycles. The van der Waals surface area contributed by atoms with Crippen LogP contribution in [0.4, 0.5) is 8.78 Å². The Morgan fingerprint density at radius 2 is 2.12 bits per heavy atom. The maximum absolute atomic E-state index is 13.1. The monoisotopic (exact) mass is 347 g/mol. The second-order valence-electron chi connectivity index (χ2n) is 6.72. The molecule has 7 heteroatoms. The lowest BCUT2D eigenvalue weighted by Gasteiger charge is -2.40. The molecule has 4 rings (SSSR count). The van der Waals surface area contributed by atoms with E-state index < -0.39 is 11.8 Å². The Hall–Kier alpha value is -2.44. The molecule has 1 amide bonds. The Kier molecular flexibility index (Phi) is 3.94. The van der Waals surface area contributed by atoms with Gasteiger partial charge in [-0.15, -0.1) is 0 Å². The smallest absolute Gasteiger partial charge is 0.249 e. The van der Waals surface area contributed by atoms with Crippen molar-refractivity contribution < 1.29 is 18.3 Å². The van der Waals surface area contributed by atoms with Gasteiger partial charge in [0.2, 0.25) is 17.7 Å². The van der Waals surface area contributed by atoms with E-state index in [0.29, 0.717) is 25.6 Å². The molecule has 0 unspecified atom stereocenters. The number of pyridine rings is 1. The molecule has 0 N–H and O–H groups in total. The van der Waals surface area contributed by atoms with Crippen LogP contribution < -0.4 is 4.74 Å². The van der Waals surface area contributed by atoms with E-state index in [2.05, 4.69) is 9.55 Å². The van der Waals surface area contributed by atoms with Crippen LogP contribution in [0.2, 0.25) is 0 Å². The molecule has 2 aromatic rings. The zero-order valence-corrected chi connectivity index (χ0v) is 13.6. The van der Waals surface area contributed by atoms with E-state index in [9.17, 15) is 13.6 Å². The van der Waals surface area contributed by atoms with Crippen LogP contribution in [-0.4, -0.2) is 39.4 Å². The molecule has 3 heterocycles. The van der Waals surface area contributed by atoms with Crippen LogP contribution in [-0.2, 0) is 11.3 Å². The van der Waals surface area contributed by atoms with Crippen LogP contribution >= 0.6 is 0 Å². The lowest BCUT2D eigenvalue weighted by Crippen LogP contribution is -2.50. The summed E-state index contributed by atoms with van der Waals surface area (Å²) in [6, 6.07) is 9.24. The Labute approximate surface area is 144 Å². The third-order valence-electron chi connectivity index (χ3n) is 4.86. The number of alkyl halides is 2. The third kappa shape index (κ3) is 3.23. The molecule has 1 atom stereocenters. The Morgan fingerprint density at radius 3 is 2.84 bits per heavy atom. The molecule has 0 radical (unpaired) electrons. The second kappa shape index (κ2) is 6.13. The number of fused-ring (bicyclic) bond motifs is 1. The summed E-state index contributed by atoms with van der Waals surface area (Å²) in [5.41, 5.74) is 0.986. The first-order valence-corrected chi connectivity index (χ1v) is 8.38. The number of aromatic nitrogens is 2. The SMILES string of the molecule is O=C(C1CC(F)(F)C1)N1Cc2cccn2[C@H](COc2ccccn2)C1. The lowest BCUT2D eigenvalue weighted by atomic mass is 9.80. The first-order chi connectivity index (χ1) is 12.0. The number of halogens is 2. The maximum atomic E-state index is 13.1. The minimum Gasteiger partial charge on any atom is -0.475 e. The van der Waals surface area contributed by atoms with Crippen LogP contribution in [0.25, 0.3) is 0 Å². The van der Waals surface area contributed by atoms with Gasteiger partial charge in [-0.3, -0.25) is 4.79 Å². The standard InChI is InChI=1S/C18H19F2N3O2/c19-18(20)8-13(9-18)17(24)22-10-14-4-3-7-23(14)15(11-22)12-25-16-5-1-2-6-21-16/h1-7,13,15H,8-12H2/t15-/m0/s1. The van der Waals surface area contributed by atoms with Crippen molar-refractivity contribution in [2.45, 2.75) is 31.4 Å². The summed E-state index contributed by atoms with van der Waals surface area (Å²) in [5, 5.41) is 0. The molecule has 0 aromatic carbocycles. The van der Waals surface area contributed by atoms with Crippen molar-refractivity contribution in [2.24, 2.45) is 5.92 Å². The summed E-state index contributed by atoms with van der Waals surface area (Å²) in [6.45, 7) is 1.27. The van der Waals surface area contributed by atoms with Crippen molar-refractivity contribution in [3.63, 3.8) is 0 Å². The zero-order valence-electron chi connectivity index (χ0n) is 13.6. The first kappa shape index (κ1) is 16.1. The Balaban J connectivity index is 1.45. The number of carbonyl (C=O) groups excluding carboxylic acids is 1. The number of amides is 1. The van der Waals surface area contributed by atoms with E-state index >= 15 is 0 Å². The minimum atomic E-state index is -2.68. The summed E-state index contributed by atoms with van der Waals surface area (Å²) in [4.78, 5) is 18.4. The molecular weight excluding hydrogens is 328 g/mol. The van der Waals surface area contributed by atoms with E-state index in [4.69, 9.17) is 4.74 Å². The molecule has 0 spiro atoms. The quantitative estimate of drug-likeness (QED) is 0.854. The predicted molar refractivity (Wildman–Crippen MR) is 86.3 cm³/mol. The number of rotatable bonds is 4. The molecule has 1 aliphatic carbocycles. The Morgan fingerprint density at radius 1 is 1.28 bits per heavy atom. The van der Waals surface area contributed by atoms with Gasteiger partial charge in [0.15, 0.2) is 0 Å². The lowest BCUT2D eigenvalue weighted by molar-refractivity contribution is -0.161. The number of hydrogen-bond donors (Lipinski definition) is 0. The number of ether oxygens (including phenoxy) is 1. The van der Waals surface area contributed by atoms with Crippen LogP contribution in [0, 0.1) is 5.92 Å². The van der Waals surface area contributed by atoms with Crippen LogP contribution in [0.3, 0.4) is 0 Å². The van der Waals surface area contributed by atoms with E-state index in [-0.39, 0.29) is 24.8 Å². The number of nitrogens with zero attached hydrogens (tertiary/aromatic N) is 3. The molecule has 2 aliphatic rings. The van der Waals surface area contributed by atoms with Gasteiger partial charge in [0.1, 0.15) is 6.61 Å². The molecule has 2 aromatic heterocycles. The third-order valence-corrected chi connectivity index (χ3v) is 4.86. The molecule has 25 heavy (non-hydrogen) atoms. The average molecular weight is 347 g/mol. The molecule has 0 bridgehead atoms. The molecule has 0 saturated heterocycles. The van der Waals surface area contributed by atoms with Gasteiger partial charge in [-0.2, -0.15) is 0 Å². The normalized spacial score (nSPS) is 22.2. The van der Waals surface area contributed by atoms with Crippen molar-refractivity contribution in [1.29, 1.82) is 0 Å². The highest BCUT2D eigenvalue weighted by molar-refractivity contribution is 5.80. The van der Waals surface area contributed by atoms with Gasteiger partial charge in [0, 0.05) is 49.5 Å². The van der Waals surface area contributed by atoms with Crippen molar-refractivity contribution in [3.05, 3.63) is 48.4 Å². The fourth-order valence-corrected chi connectivity index (χ4v) is 3.53. The van der Waals surface area contributed by atoms with Crippen LogP contribution in [0.1, 0.15) is 24.6 Å². The van der Waals surface area contributed by atoms with E-state index in [1.165, 1.54) is 0 Å². The molecular formula is C18H19F2N3O2. The molecule has 1 saturated carbocycles. The van der Waals surface area contributed by atoms with Crippen LogP contribution in [0.15, 0.2) is 42.7 Å². The van der Waals surface area contributed by atoms with Gasteiger partial charge in [-0.25, -0.2) is 13.8 Å². The summed E-state index contributed by atoms with van der Waals surface area (Å²) in [7, 11) is 0. The summed E-state index contributed by atoms with van der Waals surface area (Å²) < 4.78 is 34.0. The highest BCUT2D eigenvalue weighted by Gasteiger charge is 2.50. The second-order valence-corrected chi connectivity index (χ2v) is 6.72. The zero-order chi connectivity index (χ0) is 17.4. The number of hydrogen-bond acceptors (Lipinski definition) is 3. The van der Waals surface area contributed by atoms with E-state index in [1.54, 1.807) is 17.2 Å². The van der Waals surface area contributed by atoms with E-state index in [0.717, 1.165) is 5.69 Å². The largest absolute Gasteiger partial charge is 0.475 e. The van der Waals surface area contributed by atoms with Crippen molar-refractivity contribution >= 4 is 5.91 Å². The van der Waals surface area contributed by atoms with Crippen molar-refractivity contribution in [1.82, 2.24) is 14.5 Å². The molecule has 132 valence electrons. The van der Waals surface area contributed by atoms with E-state index in [1.807, 2.05) is 30.5 Å². The fourth-order valence-electron chi connectivity index (χ4n) is 3.53. The topological polar surface area (TPSA) is 47.4 Å². The summed E-state index contributed by atoms with van der Waals surface area (Å²) >= 11 is 0. The first-order valence-electron chi connectivity index (χ1n) is 8.38. The van der Waals surface area contributed by atoms with Gasteiger partial charge >= 0.3 is 0 Å².